The first-order valence-corrected chi connectivity index (χ1v) is 4.29. The van der Waals surface area contributed by atoms with Crippen LogP contribution in [-0.2, 0) is 4.74 Å². The third-order valence-electron chi connectivity index (χ3n) is 2.14. The zero-order chi connectivity index (χ0) is 8.97. The van der Waals surface area contributed by atoms with Gasteiger partial charge in [-0.1, -0.05) is 0 Å². The van der Waals surface area contributed by atoms with Gasteiger partial charge in [0.2, 0.25) is 0 Å². The number of likely N-dealkylation sites (N-methyl/N-ethyl adjacent to an activating group) is 1. The topological polar surface area (TPSA) is 24.5 Å². The molecule has 1 saturated heterocycles. The number of rotatable bonds is 4. The lowest BCUT2D eigenvalue weighted by Gasteiger charge is -2.13. The molecule has 1 fully saturated rings. The molecule has 2 unspecified atom stereocenters. The second-order valence-electron chi connectivity index (χ2n) is 3.29. The van der Waals surface area contributed by atoms with Crippen LogP contribution in [0.4, 0.5) is 4.39 Å². The SMILES string of the molecule is COCCNC1CN(C)CC1F. The lowest BCUT2D eigenvalue weighted by Crippen LogP contribution is -2.38. The maximum atomic E-state index is 13.1. The van der Waals surface area contributed by atoms with Crippen molar-refractivity contribution in [1.82, 2.24) is 10.2 Å². The van der Waals surface area contributed by atoms with Gasteiger partial charge in [-0.05, 0) is 7.05 Å². The molecule has 2 atom stereocenters. The second kappa shape index (κ2) is 4.74. The third-order valence-corrected chi connectivity index (χ3v) is 2.14. The highest BCUT2D eigenvalue weighted by atomic mass is 19.1. The molecule has 0 amide bonds. The quantitative estimate of drug-likeness (QED) is 0.604. The highest BCUT2D eigenvalue weighted by Gasteiger charge is 2.29. The van der Waals surface area contributed by atoms with Gasteiger partial charge >= 0.3 is 0 Å². The smallest absolute Gasteiger partial charge is 0.129 e. The Morgan fingerprint density at radius 3 is 2.83 bits per heavy atom. The van der Waals surface area contributed by atoms with E-state index in [0.717, 1.165) is 13.1 Å². The summed E-state index contributed by atoms with van der Waals surface area (Å²) in [6.45, 7) is 2.72. The van der Waals surface area contributed by atoms with Crippen LogP contribution in [-0.4, -0.2) is 57.5 Å². The molecule has 1 rings (SSSR count). The van der Waals surface area contributed by atoms with Crippen LogP contribution < -0.4 is 5.32 Å². The molecule has 0 radical (unpaired) electrons. The number of likely N-dealkylation sites (tertiary alicyclic amines) is 1. The van der Waals surface area contributed by atoms with Gasteiger partial charge in [-0.2, -0.15) is 0 Å². The summed E-state index contributed by atoms with van der Waals surface area (Å²) in [5.74, 6) is 0. The monoisotopic (exact) mass is 176 g/mol. The number of hydrogen-bond acceptors (Lipinski definition) is 3. The summed E-state index contributed by atoms with van der Waals surface area (Å²) < 4.78 is 18.0. The van der Waals surface area contributed by atoms with Crippen molar-refractivity contribution in [3.05, 3.63) is 0 Å². The van der Waals surface area contributed by atoms with Crippen LogP contribution >= 0.6 is 0 Å². The number of halogens is 1. The molecule has 0 saturated carbocycles. The van der Waals surface area contributed by atoms with Crippen molar-refractivity contribution in [1.29, 1.82) is 0 Å². The summed E-state index contributed by atoms with van der Waals surface area (Å²) in [6.07, 6.45) is -0.730. The normalized spacial score (nSPS) is 31.2. The maximum Gasteiger partial charge on any atom is 0.129 e. The average Bonchev–Trinajstić information content (AvgIpc) is 2.31. The van der Waals surface area contributed by atoms with Crippen LogP contribution in [0.2, 0.25) is 0 Å². The average molecular weight is 176 g/mol. The van der Waals surface area contributed by atoms with E-state index in [-0.39, 0.29) is 6.04 Å². The van der Waals surface area contributed by atoms with Crippen molar-refractivity contribution in [2.75, 3.05) is 40.4 Å². The first-order valence-electron chi connectivity index (χ1n) is 4.29. The Morgan fingerprint density at radius 1 is 1.58 bits per heavy atom. The summed E-state index contributed by atoms with van der Waals surface area (Å²) in [4.78, 5) is 2.00. The van der Waals surface area contributed by atoms with E-state index in [1.54, 1.807) is 7.11 Å². The van der Waals surface area contributed by atoms with Gasteiger partial charge in [0.1, 0.15) is 6.17 Å². The van der Waals surface area contributed by atoms with E-state index in [1.807, 2.05) is 11.9 Å². The Bertz CT molecular complexity index is 134. The van der Waals surface area contributed by atoms with Gasteiger partial charge in [0.25, 0.3) is 0 Å². The number of nitrogens with zero attached hydrogens (tertiary/aromatic N) is 1. The second-order valence-corrected chi connectivity index (χ2v) is 3.29. The lowest BCUT2D eigenvalue weighted by atomic mass is 10.2. The molecule has 1 aliphatic heterocycles. The van der Waals surface area contributed by atoms with Crippen molar-refractivity contribution in [2.24, 2.45) is 0 Å². The van der Waals surface area contributed by atoms with E-state index < -0.39 is 6.17 Å². The van der Waals surface area contributed by atoms with Crippen LogP contribution in [0.5, 0.6) is 0 Å². The Labute approximate surface area is 72.9 Å². The molecular formula is C8H17FN2O. The molecule has 0 aliphatic carbocycles. The first-order chi connectivity index (χ1) is 5.74. The number of methoxy groups -OCH3 is 1. The molecule has 72 valence electrons. The Kier molecular flexibility index (Phi) is 3.91. The molecule has 0 aromatic rings. The molecule has 1 aliphatic rings. The molecule has 1 N–H and O–H groups in total. The fraction of sp³-hybridized carbons (Fsp3) is 1.00. The largest absolute Gasteiger partial charge is 0.383 e. The highest BCUT2D eigenvalue weighted by Crippen LogP contribution is 2.10. The molecule has 4 heteroatoms. The molecule has 0 aromatic carbocycles. The molecule has 0 spiro atoms. The van der Waals surface area contributed by atoms with Gasteiger partial charge in [-0.15, -0.1) is 0 Å². The Balaban J connectivity index is 2.15. The Morgan fingerprint density at radius 2 is 2.33 bits per heavy atom. The molecule has 0 aromatic heterocycles. The van der Waals surface area contributed by atoms with Crippen molar-refractivity contribution in [2.45, 2.75) is 12.2 Å². The van der Waals surface area contributed by atoms with E-state index in [0.29, 0.717) is 13.2 Å². The Hall–Kier alpha value is -0.190. The van der Waals surface area contributed by atoms with Gasteiger partial charge in [0.15, 0.2) is 0 Å². The number of alkyl halides is 1. The fourth-order valence-electron chi connectivity index (χ4n) is 1.49. The minimum atomic E-state index is -0.730. The zero-order valence-electron chi connectivity index (χ0n) is 7.72. The van der Waals surface area contributed by atoms with Gasteiger partial charge < -0.3 is 15.0 Å². The minimum Gasteiger partial charge on any atom is -0.383 e. The van der Waals surface area contributed by atoms with E-state index in [9.17, 15) is 4.39 Å². The molecule has 0 bridgehead atoms. The minimum absolute atomic E-state index is 0.00912. The van der Waals surface area contributed by atoms with Crippen LogP contribution in [0.15, 0.2) is 0 Å². The maximum absolute atomic E-state index is 13.1. The van der Waals surface area contributed by atoms with Gasteiger partial charge in [-0.3, -0.25) is 0 Å². The summed E-state index contributed by atoms with van der Waals surface area (Å²) in [5.41, 5.74) is 0. The summed E-state index contributed by atoms with van der Waals surface area (Å²) in [6, 6.07) is -0.00912. The van der Waals surface area contributed by atoms with Crippen molar-refractivity contribution >= 4 is 0 Å². The predicted octanol–water partition coefficient (Wildman–Crippen LogP) is -0.126. The summed E-state index contributed by atoms with van der Waals surface area (Å²) >= 11 is 0. The fourth-order valence-corrected chi connectivity index (χ4v) is 1.49. The zero-order valence-corrected chi connectivity index (χ0v) is 7.72. The van der Waals surface area contributed by atoms with E-state index in [4.69, 9.17) is 4.74 Å². The third kappa shape index (κ3) is 2.69. The highest BCUT2D eigenvalue weighted by molar-refractivity contribution is 4.87. The molecule has 3 nitrogen and oxygen atoms in total. The number of hydrogen-bond donors (Lipinski definition) is 1. The molecule has 1 heterocycles. The van der Waals surface area contributed by atoms with E-state index in [2.05, 4.69) is 5.32 Å². The standard InChI is InChI=1S/C8H17FN2O/c1-11-5-7(9)8(6-11)10-3-4-12-2/h7-8,10H,3-6H2,1-2H3. The summed E-state index contributed by atoms with van der Waals surface area (Å²) in [5, 5.41) is 3.12. The van der Waals surface area contributed by atoms with Crippen LogP contribution in [0.3, 0.4) is 0 Å². The van der Waals surface area contributed by atoms with E-state index >= 15 is 0 Å². The van der Waals surface area contributed by atoms with Crippen LogP contribution in [0.25, 0.3) is 0 Å². The van der Waals surface area contributed by atoms with Crippen LogP contribution in [0, 0.1) is 0 Å². The van der Waals surface area contributed by atoms with Crippen LogP contribution in [0.1, 0.15) is 0 Å². The summed E-state index contributed by atoms with van der Waals surface area (Å²) in [7, 11) is 3.58. The van der Waals surface area contributed by atoms with Crippen molar-refractivity contribution < 1.29 is 9.13 Å². The van der Waals surface area contributed by atoms with E-state index in [1.165, 1.54) is 0 Å². The van der Waals surface area contributed by atoms with Crippen molar-refractivity contribution in [3.63, 3.8) is 0 Å². The molecule has 12 heavy (non-hydrogen) atoms. The van der Waals surface area contributed by atoms with Gasteiger partial charge in [-0.25, -0.2) is 4.39 Å². The lowest BCUT2D eigenvalue weighted by molar-refractivity contribution is 0.190. The van der Waals surface area contributed by atoms with Crippen molar-refractivity contribution in [3.8, 4) is 0 Å². The van der Waals surface area contributed by atoms with Gasteiger partial charge in [0.05, 0.1) is 12.6 Å². The predicted molar refractivity (Wildman–Crippen MR) is 46.1 cm³/mol. The molecular weight excluding hydrogens is 159 g/mol. The number of nitrogens with one attached hydrogen (secondary N) is 1. The first kappa shape index (κ1) is 9.89. The number of ether oxygens (including phenoxy) is 1. The van der Waals surface area contributed by atoms with Gasteiger partial charge in [0, 0.05) is 26.7 Å².